The van der Waals surface area contributed by atoms with Gasteiger partial charge >= 0.3 is 0 Å². The van der Waals surface area contributed by atoms with Gasteiger partial charge in [-0.3, -0.25) is 0 Å². The molecule has 1 atom stereocenters. The van der Waals surface area contributed by atoms with Crippen molar-refractivity contribution in [3.05, 3.63) is 59.7 Å². The summed E-state index contributed by atoms with van der Waals surface area (Å²) >= 11 is 2.40. The lowest BCUT2D eigenvalue weighted by atomic mass is 9.84. The fourth-order valence-corrected chi connectivity index (χ4v) is 4.09. The first-order chi connectivity index (χ1) is 10.8. The highest BCUT2D eigenvalue weighted by Gasteiger charge is 2.28. The Labute approximate surface area is 156 Å². The molecule has 123 valence electrons. The quantitative estimate of drug-likeness (QED) is 0.289. The molecule has 3 heteroatoms. The van der Waals surface area contributed by atoms with Gasteiger partial charge in [-0.15, -0.1) is 0 Å². The third-order valence-electron chi connectivity index (χ3n) is 3.80. The van der Waals surface area contributed by atoms with Crippen LogP contribution < -0.4 is 0 Å². The maximum absolute atomic E-state index is 6.28. The Hall–Kier alpha value is -0.653. The van der Waals surface area contributed by atoms with E-state index in [9.17, 15) is 0 Å². The summed E-state index contributed by atoms with van der Waals surface area (Å²) in [4.78, 5) is 0. The van der Waals surface area contributed by atoms with Gasteiger partial charge in [0.1, 0.15) is 0 Å². The molecule has 0 amide bonds. The largest absolute Gasteiger partial charge is 0.410 e. The third kappa shape index (κ3) is 5.16. The highest BCUT2D eigenvalue weighted by atomic mass is 127. The molecule has 2 aromatic rings. The maximum Gasteiger partial charge on any atom is 0.205 e. The second-order valence-electron chi connectivity index (χ2n) is 7.22. The highest BCUT2D eigenvalue weighted by Crippen LogP contribution is 2.37. The van der Waals surface area contributed by atoms with E-state index in [1.807, 2.05) is 0 Å². The van der Waals surface area contributed by atoms with Gasteiger partial charge in [-0.05, 0) is 40.8 Å². The zero-order valence-corrected chi connectivity index (χ0v) is 17.8. The van der Waals surface area contributed by atoms with E-state index >= 15 is 0 Å². The van der Waals surface area contributed by atoms with Crippen LogP contribution in [0.4, 0.5) is 0 Å². The highest BCUT2D eigenvalue weighted by molar-refractivity contribution is 14.1. The molecule has 0 bridgehead atoms. The number of alkyl halides is 1. The molecule has 0 fully saturated rings. The number of hydrogen-bond acceptors (Lipinski definition) is 1. The molecule has 0 aliphatic rings. The molecule has 2 rings (SSSR count). The van der Waals surface area contributed by atoms with Gasteiger partial charge in [0, 0.05) is 4.43 Å². The summed E-state index contributed by atoms with van der Waals surface area (Å²) in [5.41, 5.74) is 5.28. The molecular formula is C20H26IOSi. The molecule has 0 aromatic heterocycles. The van der Waals surface area contributed by atoms with Crippen LogP contribution in [0, 0.1) is 5.41 Å². The molecule has 2 aromatic carbocycles. The minimum absolute atomic E-state index is 0.103. The van der Waals surface area contributed by atoms with Gasteiger partial charge < -0.3 is 4.43 Å². The van der Waals surface area contributed by atoms with Crippen molar-refractivity contribution in [3.63, 3.8) is 0 Å². The number of hydrogen-bond donors (Lipinski definition) is 0. The molecular weight excluding hydrogens is 411 g/mol. The SMILES string of the molecule is C[Si](C)OC(c1ccc(-c2ccc(CI)cc2)cc1)C(C)(C)C. The first kappa shape index (κ1) is 18.7. The van der Waals surface area contributed by atoms with Gasteiger partial charge in [0.15, 0.2) is 0 Å². The molecule has 0 aliphatic heterocycles. The van der Waals surface area contributed by atoms with Crippen molar-refractivity contribution in [2.75, 3.05) is 0 Å². The molecule has 0 heterocycles. The van der Waals surface area contributed by atoms with Gasteiger partial charge in [0.05, 0.1) is 6.10 Å². The van der Waals surface area contributed by atoms with E-state index in [2.05, 4.69) is 105 Å². The van der Waals surface area contributed by atoms with Crippen LogP contribution in [0.3, 0.4) is 0 Å². The summed E-state index contributed by atoms with van der Waals surface area (Å²) in [6, 6.07) is 17.7. The minimum atomic E-state index is -0.733. The summed E-state index contributed by atoms with van der Waals surface area (Å²) in [6.45, 7) is 11.1. The van der Waals surface area contributed by atoms with Gasteiger partial charge in [0.25, 0.3) is 0 Å². The molecule has 0 N–H and O–H groups in total. The lowest BCUT2D eigenvalue weighted by Gasteiger charge is -2.33. The Morgan fingerprint density at radius 1 is 0.913 bits per heavy atom. The van der Waals surface area contributed by atoms with Crippen LogP contribution in [0.5, 0.6) is 0 Å². The lowest BCUT2D eigenvalue weighted by Crippen LogP contribution is -2.25. The number of rotatable bonds is 5. The van der Waals surface area contributed by atoms with E-state index in [1.54, 1.807) is 0 Å². The lowest BCUT2D eigenvalue weighted by molar-refractivity contribution is 0.0866. The van der Waals surface area contributed by atoms with E-state index < -0.39 is 9.04 Å². The standard InChI is InChI=1S/C20H26IOSi/c1-20(2,3)19(22-23(4)5)18-12-10-17(11-13-18)16-8-6-15(14-21)7-9-16/h6-13,19H,14H2,1-5H3. The Morgan fingerprint density at radius 3 is 1.78 bits per heavy atom. The normalized spacial score (nSPS) is 13.3. The molecule has 0 aliphatic carbocycles. The van der Waals surface area contributed by atoms with Crippen molar-refractivity contribution in [1.82, 2.24) is 0 Å². The Balaban J connectivity index is 2.25. The van der Waals surface area contributed by atoms with E-state index in [-0.39, 0.29) is 11.5 Å². The molecule has 0 saturated heterocycles. The molecule has 1 unspecified atom stereocenters. The fourth-order valence-electron chi connectivity index (χ4n) is 2.62. The summed E-state index contributed by atoms with van der Waals surface area (Å²) in [5.74, 6) is 0. The first-order valence-electron chi connectivity index (χ1n) is 8.03. The van der Waals surface area contributed by atoms with Crippen LogP contribution >= 0.6 is 22.6 Å². The van der Waals surface area contributed by atoms with Crippen LogP contribution in [0.15, 0.2) is 48.5 Å². The second kappa shape index (κ2) is 7.95. The van der Waals surface area contributed by atoms with Gasteiger partial charge in [-0.2, -0.15) is 0 Å². The molecule has 1 nitrogen and oxygen atoms in total. The van der Waals surface area contributed by atoms with Crippen molar-refractivity contribution in [1.29, 1.82) is 0 Å². The Kier molecular flexibility index (Phi) is 6.46. The average Bonchev–Trinajstić information content (AvgIpc) is 2.52. The van der Waals surface area contributed by atoms with Crippen molar-refractivity contribution < 1.29 is 4.43 Å². The average molecular weight is 437 g/mol. The number of benzene rings is 2. The third-order valence-corrected chi connectivity index (χ3v) is 5.38. The molecule has 0 saturated carbocycles. The van der Waals surface area contributed by atoms with Crippen LogP contribution in [0.1, 0.15) is 38.0 Å². The molecule has 23 heavy (non-hydrogen) atoms. The van der Waals surface area contributed by atoms with Gasteiger partial charge in [-0.1, -0.05) is 91.9 Å². The summed E-state index contributed by atoms with van der Waals surface area (Å²) < 4.78 is 7.33. The van der Waals surface area contributed by atoms with E-state index in [0.717, 1.165) is 4.43 Å². The van der Waals surface area contributed by atoms with Crippen molar-refractivity contribution in [2.45, 2.75) is 44.4 Å². The van der Waals surface area contributed by atoms with Crippen molar-refractivity contribution in [2.24, 2.45) is 5.41 Å². The minimum Gasteiger partial charge on any atom is -0.410 e. The predicted octanol–water partition coefficient (Wildman–Crippen LogP) is 6.64. The monoisotopic (exact) mass is 437 g/mol. The summed E-state index contributed by atoms with van der Waals surface area (Å²) in [6.07, 6.45) is 0.154. The molecule has 1 radical (unpaired) electrons. The van der Waals surface area contributed by atoms with Crippen molar-refractivity contribution in [3.8, 4) is 11.1 Å². The fraction of sp³-hybridized carbons (Fsp3) is 0.400. The van der Waals surface area contributed by atoms with E-state index in [0.29, 0.717) is 0 Å². The Morgan fingerprint density at radius 2 is 1.39 bits per heavy atom. The summed E-state index contributed by atoms with van der Waals surface area (Å²) in [5, 5.41) is 0. The zero-order chi connectivity index (χ0) is 17.0. The molecule has 0 spiro atoms. The van der Waals surface area contributed by atoms with Crippen LogP contribution in [0.2, 0.25) is 13.1 Å². The van der Waals surface area contributed by atoms with E-state index in [4.69, 9.17) is 4.43 Å². The van der Waals surface area contributed by atoms with Crippen LogP contribution in [-0.2, 0) is 8.85 Å². The smallest absolute Gasteiger partial charge is 0.205 e. The topological polar surface area (TPSA) is 9.23 Å². The zero-order valence-electron chi connectivity index (χ0n) is 14.7. The Bertz CT molecular complexity index is 612. The maximum atomic E-state index is 6.28. The van der Waals surface area contributed by atoms with Crippen molar-refractivity contribution >= 4 is 31.6 Å². The van der Waals surface area contributed by atoms with Crippen LogP contribution in [0.25, 0.3) is 11.1 Å². The summed E-state index contributed by atoms with van der Waals surface area (Å²) in [7, 11) is -0.733. The predicted molar refractivity (Wildman–Crippen MR) is 110 cm³/mol. The van der Waals surface area contributed by atoms with Gasteiger partial charge in [0.2, 0.25) is 9.04 Å². The van der Waals surface area contributed by atoms with E-state index in [1.165, 1.54) is 22.3 Å². The number of halogens is 1. The second-order valence-corrected chi connectivity index (χ2v) is 10.0. The van der Waals surface area contributed by atoms with Gasteiger partial charge in [-0.25, -0.2) is 0 Å². The van der Waals surface area contributed by atoms with Crippen LogP contribution in [-0.4, -0.2) is 9.04 Å². The first-order valence-corrected chi connectivity index (χ1v) is 12.0.